The third-order valence-corrected chi connectivity index (χ3v) is 1.89. The molecule has 2 atom stereocenters. The third-order valence-electron chi connectivity index (χ3n) is 0.903. The van der Waals surface area contributed by atoms with Gasteiger partial charge in [0.1, 0.15) is 0 Å². The van der Waals surface area contributed by atoms with Crippen LogP contribution in [-0.2, 0) is 11.1 Å². The largest absolute Gasteiger partial charge is 0.772 e. The molecule has 9 heavy (non-hydrogen) atoms. The van der Waals surface area contributed by atoms with Crippen LogP contribution in [0.2, 0.25) is 0 Å². The van der Waals surface area contributed by atoms with Crippen LogP contribution in [0.5, 0.6) is 0 Å². The fourth-order valence-corrected chi connectivity index (χ4v) is 0.408. The van der Waals surface area contributed by atoms with Gasteiger partial charge in [-0.1, -0.05) is 38.8 Å². The van der Waals surface area contributed by atoms with Crippen LogP contribution in [-0.4, -0.2) is 14.0 Å². The zero-order chi connectivity index (χ0) is 7.86. The van der Waals surface area contributed by atoms with Crippen LogP contribution in [0.15, 0.2) is 0 Å². The lowest BCUT2D eigenvalue weighted by Crippen LogP contribution is -2.06. The van der Waals surface area contributed by atoms with E-state index in [-0.39, 0.29) is 5.25 Å². The Hall–Kier alpha value is 0.110. The van der Waals surface area contributed by atoms with Crippen molar-refractivity contribution in [1.82, 2.24) is 0 Å². The predicted octanol–water partition coefficient (Wildman–Crippen LogP) is 1.69. The first-order valence-electron chi connectivity index (χ1n) is 3.26. The van der Waals surface area contributed by atoms with E-state index in [1.54, 1.807) is 6.92 Å². The summed E-state index contributed by atoms with van der Waals surface area (Å²) in [5.41, 5.74) is 0. The van der Waals surface area contributed by atoms with Crippen molar-refractivity contribution in [3.8, 4) is 0 Å². The second-order valence-corrected chi connectivity index (χ2v) is 2.81. The summed E-state index contributed by atoms with van der Waals surface area (Å²) in [7, 11) is 0. The van der Waals surface area contributed by atoms with Gasteiger partial charge in [0.25, 0.3) is 0 Å². The molecular weight excluding hydrogens is 136 g/mol. The highest BCUT2D eigenvalue weighted by Crippen LogP contribution is 1.94. The van der Waals surface area contributed by atoms with Gasteiger partial charge in [0.05, 0.1) is 0 Å². The zero-order valence-electron chi connectivity index (χ0n) is 6.51. The summed E-state index contributed by atoms with van der Waals surface area (Å²) in [5, 5.41) is -0.181. The summed E-state index contributed by atoms with van der Waals surface area (Å²) in [4.78, 5) is 0. The minimum Gasteiger partial charge on any atom is -0.772 e. The molecule has 2 unspecified atom stereocenters. The van der Waals surface area contributed by atoms with Crippen molar-refractivity contribution in [2.24, 2.45) is 0 Å². The molecule has 0 aromatic rings. The van der Waals surface area contributed by atoms with Crippen molar-refractivity contribution < 1.29 is 8.76 Å². The highest BCUT2D eigenvalue weighted by atomic mass is 32.2. The number of rotatable bonds is 2. The maximum absolute atomic E-state index is 9.93. The molecule has 0 amide bonds. The van der Waals surface area contributed by atoms with Gasteiger partial charge in [0, 0.05) is 5.25 Å². The Morgan fingerprint density at radius 3 is 1.89 bits per heavy atom. The minimum absolute atomic E-state index is 0.181. The van der Waals surface area contributed by atoms with Crippen molar-refractivity contribution in [1.29, 1.82) is 0 Å². The van der Waals surface area contributed by atoms with E-state index in [2.05, 4.69) is 0 Å². The van der Waals surface area contributed by atoms with E-state index in [9.17, 15) is 8.76 Å². The monoisotopic (exact) mass is 151 g/mol. The molecule has 0 saturated heterocycles. The molecule has 0 bridgehead atoms. The molecule has 0 N–H and O–H groups in total. The van der Waals surface area contributed by atoms with Gasteiger partial charge in [0.15, 0.2) is 0 Å². The van der Waals surface area contributed by atoms with Crippen molar-refractivity contribution in [2.45, 2.75) is 39.4 Å². The van der Waals surface area contributed by atoms with E-state index < -0.39 is 11.1 Å². The number of hydrogen-bond donors (Lipinski definition) is 0. The van der Waals surface area contributed by atoms with E-state index in [0.717, 1.165) is 0 Å². The Morgan fingerprint density at radius 1 is 1.56 bits per heavy atom. The van der Waals surface area contributed by atoms with Gasteiger partial charge in [-0.2, -0.15) is 0 Å². The number of hydrogen-bond acceptors (Lipinski definition) is 2. The lowest BCUT2D eigenvalue weighted by atomic mass is 10.4. The normalized spacial score (nSPS) is 15.2. The Morgan fingerprint density at radius 2 is 1.89 bits per heavy atom. The Labute approximate surface area is 59.9 Å². The molecule has 0 spiro atoms. The van der Waals surface area contributed by atoms with Gasteiger partial charge in [0.2, 0.25) is 0 Å². The molecular formula is C6H15O2S-. The van der Waals surface area contributed by atoms with Crippen LogP contribution in [0, 0.1) is 0 Å². The van der Waals surface area contributed by atoms with Gasteiger partial charge in [-0.25, -0.2) is 0 Å². The Balaban J connectivity index is 0. The summed E-state index contributed by atoms with van der Waals surface area (Å²) in [6, 6.07) is 0. The second kappa shape index (κ2) is 8.11. The predicted molar refractivity (Wildman–Crippen MR) is 40.0 cm³/mol. The fourth-order valence-electron chi connectivity index (χ4n) is 0.136. The van der Waals surface area contributed by atoms with Crippen LogP contribution < -0.4 is 0 Å². The van der Waals surface area contributed by atoms with E-state index in [4.69, 9.17) is 0 Å². The van der Waals surface area contributed by atoms with Gasteiger partial charge in [-0.3, -0.25) is 4.21 Å². The maximum atomic E-state index is 9.93. The van der Waals surface area contributed by atoms with Crippen LogP contribution in [0.3, 0.4) is 0 Å². The summed E-state index contributed by atoms with van der Waals surface area (Å²) < 4.78 is 19.9. The molecule has 0 aromatic carbocycles. The Bertz CT molecular complexity index is 73.5. The molecule has 2 nitrogen and oxygen atoms in total. The molecule has 0 rings (SSSR count). The average molecular weight is 151 g/mol. The van der Waals surface area contributed by atoms with Crippen molar-refractivity contribution in [2.75, 3.05) is 0 Å². The van der Waals surface area contributed by atoms with Crippen LogP contribution in [0.25, 0.3) is 0 Å². The fraction of sp³-hybridized carbons (Fsp3) is 1.00. The maximum Gasteiger partial charge on any atom is 0.0184 e. The van der Waals surface area contributed by atoms with Crippen molar-refractivity contribution in [3.05, 3.63) is 0 Å². The molecule has 0 fully saturated rings. The summed E-state index contributed by atoms with van der Waals surface area (Å²) in [6.07, 6.45) is 0.704. The molecule has 0 heterocycles. The molecule has 0 radical (unpaired) electrons. The SMILES string of the molecule is CC.CCC(C)S(=O)[O-]. The lowest BCUT2D eigenvalue weighted by molar-refractivity contribution is 0.523. The standard InChI is InChI=1S/C4H10O2S.C2H6/c1-3-4(2)7(5)6;1-2/h4H,3H2,1-2H3,(H,5,6);1-2H3/p-1. The molecule has 0 aliphatic carbocycles. The molecule has 0 aliphatic rings. The summed E-state index contributed by atoms with van der Waals surface area (Å²) in [6.45, 7) is 7.53. The van der Waals surface area contributed by atoms with Crippen LogP contribution in [0.1, 0.15) is 34.1 Å². The van der Waals surface area contributed by atoms with E-state index in [1.165, 1.54) is 0 Å². The highest BCUT2D eigenvalue weighted by molar-refractivity contribution is 7.79. The summed E-state index contributed by atoms with van der Waals surface area (Å²) >= 11 is -1.86. The van der Waals surface area contributed by atoms with Crippen molar-refractivity contribution in [3.63, 3.8) is 0 Å². The smallest absolute Gasteiger partial charge is 0.0184 e. The molecule has 58 valence electrons. The van der Waals surface area contributed by atoms with Gasteiger partial charge >= 0.3 is 0 Å². The topological polar surface area (TPSA) is 40.1 Å². The molecule has 3 heteroatoms. The van der Waals surface area contributed by atoms with E-state index >= 15 is 0 Å². The van der Waals surface area contributed by atoms with E-state index in [1.807, 2.05) is 20.8 Å². The second-order valence-electron chi connectivity index (χ2n) is 1.48. The van der Waals surface area contributed by atoms with Gasteiger partial charge in [-0.15, -0.1) is 0 Å². The Kier molecular flexibility index (Phi) is 10.7. The molecule has 0 aromatic heterocycles. The average Bonchev–Trinajstić information content (AvgIpc) is 1.91. The van der Waals surface area contributed by atoms with Crippen LogP contribution >= 0.6 is 0 Å². The third kappa shape index (κ3) is 8.11. The molecule has 0 aliphatic heterocycles. The van der Waals surface area contributed by atoms with Gasteiger partial charge in [-0.05, 0) is 6.42 Å². The minimum atomic E-state index is -1.86. The molecule has 0 saturated carbocycles. The lowest BCUT2D eigenvalue weighted by Gasteiger charge is -2.10. The highest BCUT2D eigenvalue weighted by Gasteiger charge is 1.93. The van der Waals surface area contributed by atoms with Crippen molar-refractivity contribution >= 4 is 11.1 Å². The first kappa shape index (κ1) is 11.9. The summed E-state index contributed by atoms with van der Waals surface area (Å²) in [5.74, 6) is 0. The quantitative estimate of drug-likeness (QED) is 0.563. The first-order chi connectivity index (χ1) is 4.18. The van der Waals surface area contributed by atoms with Gasteiger partial charge < -0.3 is 4.55 Å². The first-order valence-corrected chi connectivity index (χ1v) is 4.40. The van der Waals surface area contributed by atoms with Crippen LogP contribution in [0.4, 0.5) is 0 Å². The zero-order valence-corrected chi connectivity index (χ0v) is 7.33. The van der Waals surface area contributed by atoms with E-state index in [0.29, 0.717) is 6.42 Å².